The number of rotatable bonds is 4. The first-order chi connectivity index (χ1) is 12.7. The molecular weight excluding hydrogens is 320 g/mol. The Hall–Kier alpha value is -3.26. The van der Waals surface area contributed by atoms with Gasteiger partial charge in [-0.2, -0.15) is 0 Å². The topological polar surface area (TPSA) is 40.5 Å². The summed E-state index contributed by atoms with van der Waals surface area (Å²) in [5, 5.41) is 20.3. The van der Waals surface area contributed by atoms with Gasteiger partial charge in [0.1, 0.15) is 11.5 Å². The van der Waals surface area contributed by atoms with Crippen molar-refractivity contribution >= 4 is 12.2 Å². The van der Waals surface area contributed by atoms with Crippen LogP contribution in [0.15, 0.2) is 72.8 Å². The minimum absolute atomic E-state index is 0.271. The first kappa shape index (κ1) is 17.6. The van der Waals surface area contributed by atoms with Gasteiger partial charge in [-0.3, -0.25) is 0 Å². The zero-order valence-corrected chi connectivity index (χ0v) is 15.0. The molecule has 0 bridgehead atoms. The quantitative estimate of drug-likeness (QED) is 0.568. The van der Waals surface area contributed by atoms with Gasteiger partial charge in [0.25, 0.3) is 0 Å². The van der Waals surface area contributed by atoms with Crippen molar-refractivity contribution < 1.29 is 10.2 Å². The normalized spacial score (nSPS) is 11.5. The van der Waals surface area contributed by atoms with Crippen LogP contribution in [0.25, 0.3) is 34.4 Å². The third-order valence-corrected chi connectivity index (χ3v) is 4.34. The minimum atomic E-state index is 0.271. The zero-order valence-electron chi connectivity index (χ0n) is 15.0. The van der Waals surface area contributed by atoms with Gasteiger partial charge in [0.15, 0.2) is 0 Å². The van der Waals surface area contributed by atoms with Crippen LogP contribution in [0.3, 0.4) is 0 Å². The average molecular weight is 342 g/mol. The van der Waals surface area contributed by atoms with Crippen molar-refractivity contribution in [2.75, 3.05) is 0 Å². The lowest BCUT2D eigenvalue weighted by atomic mass is 9.94. The Morgan fingerprint density at radius 1 is 0.577 bits per heavy atom. The molecule has 0 heterocycles. The van der Waals surface area contributed by atoms with Crippen molar-refractivity contribution in [2.24, 2.45) is 0 Å². The summed E-state index contributed by atoms with van der Waals surface area (Å²) >= 11 is 0. The molecule has 3 aromatic rings. The van der Waals surface area contributed by atoms with Gasteiger partial charge in [-0.1, -0.05) is 72.8 Å². The van der Waals surface area contributed by atoms with E-state index in [1.54, 1.807) is 12.1 Å². The Bertz CT molecular complexity index is 884. The predicted octanol–water partition coefficient (Wildman–Crippen LogP) is 6.50. The summed E-state index contributed by atoms with van der Waals surface area (Å²) in [6, 6.07) is 19.3. The van der Waals surface area contributed by atoms with E-state index in [1.807, 2.05) is 86.7 Å². The second-order valence-corrected chi connectivity index (χ2v) is 6.05. The van der Waals surface area contributed by atoms with Gasteiger partial charge in [0.2, 0.25) is 0 Å². The molecule has 0 aromatic heterocycles. The standard InChI is InChI=1S/C24H22O2/c1-3-7-21-19(9-5-11-23(21)25)17-13-15-18(16-14-17)20-10-6-12-24(26)22(20)8-4-2/h3-16,25-26H,1-2H3. The molecule has 2 nitrogen and oxygen atoms in total. The Morgan fingerprint density at radius 3 is 1.31 bits per heavy atom. The van der Waals surface area contributed by atoms with Gasteiger partial charge in [-0.25, -0.2) is 0 Å². The SMILES string of the molecule is CC=Cc1c(O)cccc1-c1ccc(-c2cccc(O)c2C=CC)cc1. The molecule has 0 unspecified atom stereocenters. The molecule has 130 valence electrons. The summed E-state index contributed by atoms with van der Waals surface area (Å²) in [6.07, 6.45) is 7.67. The lowest BCUT2D eigenvalue weighted by Crippen LogP contribution is -1.87. The van der Waals surface area contributed by atoms with Crippen LogP contribution in [0.1, 0.15) is 25.0 Å². The van der Waals surface area contributed by atoms with Gasteiger partial charge in [0.05, 0.1) is 0 Å². The number of allylic oxidation sites excluding steroid dienone is 2. The van der Waals surface area contributed by atoms with E-state index in [-0.39, 0.29) is 11.5 Å². The molecular formula is C24H22O2. The molecule has 0 radical (unpaired) electrons. The number of hydrogen-bond donors (Lipinski definition) is 2. The van der Waals surface area contributed by atoms with E-state index in [1.165, 1.54) is 0 Å². The molecule has 0 amide bonds. The molecule has 0 atom stereocenters. The average Bonchev–Trinajstić information content (AvgIpc) is 2.65. The summed E-state index contributed by atoms with van der Waals surface area (Å²) < 4.78 is 0. The maximum absolute atomic E-state index is 10.2. The third kappa shape index (κ3) is 3.40. The molecule has 0 aliphatic carbocycles. The number of phenolic OH excluding ortho intramolecular Hbond substituents is 2. The van der Waals surface area contributed by atoms with E-state index in [2.05, 4.69) is 0 Å². The molecule has 0 saturated carbocycles. The van der Waals surface area contributed by atoms with E-state index < -0.39 is 0 Å². The third-order valence-electron chi connectivity index (χ3n) is 4.34. The molecule has 2 N–H and O–H groups in total. The van der Waals surface area contributed by atoms with Crippen molar-refractivity contribution in [3.05, 3.63) is 83.9 Å². The van der Waals surface area contributed by atoms with E-state index in [0.29, 0.717) is 0 Å². The fourth-order valence-corrected chi connectivity index (χ4v) is 3.12. The molecule has 3 aromatic carbocycles. The Kier molecular flexibility index (Phi) is 5.23. The summed E-state index contributed by atoms with van der Waals surface area (Å²) in [5.41, 5.74) is 5.67. The molecule has 2 heteroatoms. The lowest BCUT2D eigenvalue weighted by molar-refractivity contribution is 0.474. The number of aromatic hydroxyl groups is 2. The van der Waals surface area contributed by atoms with Crippen LogP contribution < -0.4 is 0 Å². The first-order valence-corrected chi connectivity index (χ1v) is 8.66. The number of hydrogen-bond acceptors (Lipinski definition) is 2. The second kappa shape index (κ2) is 7.75. The van der Waals surface area contributed by atoms with Crippen LogP contribution in [-0.4, -0.2) is 10.2 Å². The zero-order chi connectivity index (χ0) is 18.5. The maximum atomic E-state index is 10.2. The molecule has 0 aliphatic rings. The number of phenols is 2. The maximum Gasteiger partial charge on any atom is 0.123 e. The Morgan fingerprint density at radius 2 is 0.962 bits per heavy atom. The highest BCUT2D eigenvalue weighted by atomic mass is 16.3. The van der Waals surface area contributed by atoms with Crippen LogP contribution in [0.4, 0.5) is 0 Å². The smallest absolute Gasteiger partial charge is 0.123 e. The van der Waals surface area contributed by atoms with E-state index >= 15 is 0 Å². The fourth-order valence-electron chi connectivity index (χ4n) is 3.12. The van der Waals surface area contributed by atoms with Crippen LogP contribution in [0.5, 0.6) is 11.5 Å². The summed E-state index contributed by atoms with van der Waals surface area (Å²) in [4.78, 5) is 0. The lowest BCUT2D eigenvalue weighted by Gasteiger charge is -2.11. The summed E-state index contributed by atoms with van der Waals surface area (Å²) in [7, 11) is 0. The molecule has 0 spiro atoms. The van der Waals surface area contributed by atoms with E-state index in [4.69, 9.17) is 0 Å². The fraction of sp³-hybridized carbons (Fsp3) is 0.0833. The van der Waals surface area contributed by atoms with Crippen molar-refractivity contribution in [3.8, 4) is 33.8 Å². The van der Waals surface area contributed by atoms with Crippen molar-refractivity contribution in [2.45, 2.75) is 13.8 Å². The van der Waals surface area contributed by atoms with Crippen molar-refractivity contribution in [1.29, 1.82) is 0 Å². The molecule has 0 aliphatic heterocycles. The predicted molar refractivity (Wildman–Crippen MR) is 110 cm³/mol. The highest BCUT2D eigenvalue weighted by molar-refractivity contribution is 5.82. The molecule has 0 fully saturated rings. The molecule has 0 saturated heterocycles. The molecule has 3 rings (SSSR count). The summed E-state index contributed by atoms with van der Waals surface area (Å²) in [5.74, 6) is 0.543. The first-order valence-electron chi connectivity index (χ1n) is 8.66. The van der Waals surface area contributed by atoms with Gasteiger partial charge in [0, 0.05) is 11.1 Å². The van der Waals surface area contributed by atoms with Gasteiger partial charge >= 0.3 is 0 Å². The van der Waals surface area contributed by atoms with E-state index in [9.17, 15) is 10.2 Å². The van der Waals surface area contributed by atoms with Crippen molar-refractivity contribution in [3.63, 3.8) is 0 Å². The second-order valence-electron chi connectivity index (χ2n) is 6.05. The Labute approximate surface area is 154 Å². The minimum Gasteiger partial charge on any atom is -0.507 e. The largest absolute Gasteiger partial charge is 0.507 e. The van der Waals surface area contributed by atoms with Crippen LogP contribution in [0, 0.1) is 0 Å². The summed E-state index contributed by atoms with van der Waals surface area (Å²) in [6.45, 7) is 3.87. The Balaban J connectivity index is 2.07. The van der Waals surface area contributed by atoms with Gasteiger partial charge in [-0.05, 0) is 48.2 Å². The highest BCUT2D eigenvalue weighted by Crippen LogP contribution is 2.35. The van der Waals surface area contributed by atoms with E-state index in [0.717, 1.165) is 33.4 Å². The van der Waals surface area contributed by atoms with Crippen LogP contribution >= 0.6 is 0 Å². The number of benzene rings is 3. The van der Waals surface area contributed by atoms with Crippen LogP contribution in [-0.2, 0) is 0 Å². The van der Waals surface area contributed by atoms with Crippen molar-refractivity contribution in [1.82, 2.24) is 0 Å². The highest BCUT2D eigenvalue weighted by Gasteiger charge is 2.10. The molecule has 26 heavy (non-hydrogen) atoms. The monoisotopic (exact) mass is 342 g/mol. The van der Waals surface area contributed by atoms with Gasteiger partial charge in [-0.15, -0.1) is 0 Å². The van der Waals surface area contributed by atoms with Crippen LogP contribution in [0.2, 0.25) is 0 Å². The van der Waals surface area contributed by atoms with Gasteiger partial charge < -0.3 is 10.2 Å².